The van der Waals surface area contributed by atoms with Gasteiger partial charge >= 0.3 is 0 Å². The van der Waals surface area contributed by atoms with E-state index in [2.05, 4.69) is 43.4 Å². The van der Waals surface area contributed by atoms with Gasteiger partial charge in [0.25, 0.3) is 5.91 Å². The van der Waals surface area contributed by atoms with Crippen molar-refractivity contribution in [3.8, 4) is 5.75 Å². The third-order valence-electron chi connectivity index (χ3n) is 4.29. The summed E-state index contributed by atoms with van der Waals surface area (Å²) in [6.07, 6.45) is 1.01. The Balaban J connectivity index is 1.83. The van der Waals surface area contributed by atoms with Gasteiger partial charge in [-0.3, -0.25) is 4.79 Å². The van der Waals surface area contributed by atoms with Gasteiger partial charge in [-0.05, 0) is 54.5 Å². The summed E-state index contributed by atoms with van der Waals surface area (Å²) in [7, 11) is 0. The molecule has 0 heterocycles. The molecule has 2 aromatic rings. The van der Waals surface area contributed by atoms with Crippen molar-refractivity contribution in [1.82, 2.24) is 5.32 Å². The average Bonchev–Trinajstić information content (AvgIpc) is 2.60. The van der Waals surface area contributed by atoms with Crippen LogP contribution in [0, 0.1) is 6.92 Å². The largest absolute Gasteiger partial charge is 0.481 e. The fourth-order valence-corrected chi connectivity index (χ4v) is 2.69. The van der Waals surface area contributed by atoms with E-state index in [0.717, 1.165) is 17.7 Å². The number of ether oxygens (including phenoxy) is 1. The summed E-state index contributed by atoms with van der Waals surface area (Å²) in [4.78, 5) is 12.4. The number of carbonyl (C=O) groups is 1. The quantitative estimate of drug-likeness (QED) is 0.761. The van der Waals surface area contributed by atoms with Crippen LogP contribution in [0.2, 0.25) is 0 Å². The third kappa shape index (κ3) is 5.93. The molecular weight excluding hydrogens is 310 g/mol. The molecule has 1 amide bonds. The van der Waals surface area contributed by atoms with Crippen LogP contribution in [-0.2, 0) is 11.2 Å². The van der Waals surface area contributed by atoms with Crippen molar-refractivity contribution in [2.24, 2.45) is 0 Å². The molecule has 3 nitrogen and oxygen atoms in total. The molecule has 0 bridgehead atoms. The van der Waals surface area contributed by atoms with Crippen molar-refractivity contribution in [2.45, 2.75) is 52.6 Å². The Morgan fingerprint density at radius 1 is 1.12 bits per heavy atom. The van der Waals surface area contributed by atoms with Crippen LogP contribution >= 0.6 is 0 Å². The van der Waals surface area contributed by atoms with Crippen molar-refractivity contribution in [3.63, 3.8) is 0 Å². The number of hydrogen-bond acceptors (Lipinski definition) is 2. The van der Waals surface area contributed by atoms with Crippen LogP contribution in [0.15, 0.2) is 48.5 Å². The van der Waals surface area contributed by atoms with Gasteiger partial charge in [-0.15, -0.1) is 0 Å². The van der Waals surface area contributed by atoms with E-state index >= 15 is 0 Å². The first-order chi connectivity index (χ1) is 12.0. The topological polar surface area (TPSA) is 38.3 Å². The summed E-state index contributed by atoms with van der Waals surface area (Å²) >= 11 is 0. The Morgan fingerprint density at radius 3 is 2.44 bits per heavy atom. The van der Waals surface area contributed by atoms with Crippen molar-refractivity contribution in [1.29, 1.82) is 0 Å². The van der Waals surface area contributed by atoms with Gasteiger partial charge < -0.3 is 10.1 Å². The summed E-state index contributed by atoms with van der Waals surface area (Å²) in [5.41, 5.74) is 3.69. The van der Waals surface area contributed by atoms with E-state index < -0.39 is 6.10 Å². The predicted octanol–water partition coefficient (Wildman–Crippen LogP) is 4.63. The van der Waals surface area contributed by atoms with Gasteiger partial charge in [-0.1, -0.05) is 57.2 Å². The number of aryl methyl sites for hydroxylation is 1. The Labute approximate surface area is 151 Å². The molecule has 25 heavy (non-hydrogen) atoms. The number of rotatable bonds is 8. The lowest BCUT2D eigenvalue weighted by Gasteiger charge is -2.17. The van der Waals surface area contributed by atoms with Crippen LogP contribution < -0.4 is 10.1 Å². The predicted molar refractivity (Wildman–Crippen MR) is 103 cm³/mol. The smallest absolute Gasteiger partial charge is 0.261 e. The zero-order valence-electron chi connectivity index (χ0n) is 15.7. The Hall–Kier alpha value is -2.29. The molecule has 0 radical (unpaired) electrons. The van der Waals surface area contributed by atoms with Crippen LogP contribution in [0.1, 0.15) is 49.8 Å². The Bertz CT molecular complexity index is 677. The fourth-order valence-electron chi connectivity index (χ4n) is 2.69. The highest BCUT2D eigenvalue weighted by molar-refractivity contribution is 5.81. The van der Waals surface area contributed by atoms with E-state index in [1.165, 1.54) is 11.1 Å². The molecule has 0 saturated carbocycles. The van der Waals surface area contributed by atoms with Gasteiger partial charge in [0.1, 0.15) is 5.75 Å². The SMILES string of the molecule is CC[C@H](Oc1cccc(C)c1)C(=O)NCCc1ccc(C(C)C)cc1. The minimum absolute atomic E-state index is 0.0530. The molecular formula is C22H29NO2. The molecule has 1 N–H and O–H groups in total. The zero-order valence-corrected chi connectivity index (χ0v) is 15.7. The number of amides is 1. The number of nitrogens with one attached hydrogen (secondary N) is 1. The molecule has 2 aromatic carbocycles. The minimum Gasteiger partial charge on any atom is -0.481 e. The highest BCUT2D eigenvalue weighted by atomic mass is 16.5. The van der Waals surface area contributed by atoms with Gasteiger partial charge in [-0.2, -0.15) is 0 Å². The van der Waals surface area contributed by atoms with Crippen LogP contribution in [0.3, 0.4) is 0 Å². The summed E-state index contributed by atoms with van der Waals surface area (Å²) in [6, 6.07) is 16.4. The fraction of sp³-hybridized carbons (Fsp3) is 0.409. The van der Waals surface area contributed by atoms with Crippen molar-refractivity contribution < 1.29 is 9.53 Å². The maximum absolute atomic E-state index is 12.4. The lowest BCUT2D eigenvalue weighted by Crippen LogP contribution is -2.38. The van der Waals surface area contributed by atoms with Gasteiger partial charge in [0.2, 0.25) is 0 Å². The molecule has 2 rings (SSSR count). The molecule has 3 heteroatoms. The van der Waals surface area contributed by atoms with Gasteiger partial charge in [0.05, 0.1) is 0 Å². The number of hydrogen-bond donors (Lipinski definition) is 1. The highest BCUT2D eigenvalue weighted by Gasteiger charge is 2.17. The van der Waals surface area contributed by atoms with E-state index in [1.807, 2.05) is 38.1 Å². The summed E-state index contributed by atoms with van der Waals surface area (Å²) in [6.45, 7) is 8.97. The van der Waals surface area contributed by atoms with Crippen molar-refractivity contribution >= 4 is 5.91 Å². The second kappa shape index (κ2) is 9.26. The van der Waals surface area contributed by atoms with Crippen LogP contribution in [0.4, 0.5) is 0 Å². The lowest BCUT2D eigenvalue weighted by molar-refractivity contribution is -0.128. The minimum atomic E-state index is -0.454. The Kier molecular flexibility index (Phi) is 7.05. The molecule has 0 saturated heterocycles. The van der Waals surface area contributed by atoms with Gasteiger partial charge in [0, 0.05) is 6.54 Å². The van der Waals surface area contributed by atoms with E-state index in [-0.39, 0.29) is 5.91 Å². The van der Waals surface area contributed by atoms with E-state index in [0.29, 0.717) is 18.9 Å². The molecule has 0 aliphatic heterocycles. The second-order valence-corrected chi connectivity index (χ2v) is 6.77. The molecule has 0 aliphatic carbocycles. The number of carbonyl (C=O) groups excluding carboxylic acids is 1. The average molecular weight is 339 g/mol. The Morgan fingerprint density at radius 2 is 1.84 bits per heavy atom. The highest BCUT2D eigenvalue weighted by Crippen LogP contribution is 2.16. The van der Waals surface area contributed by atoms with Gasteiger partial charge in [-0.25, -0.2) is 0 Å². The first kappa shape index (κ1) is 19.0. The molecule has 1 atom stereocenters. The molecule has 0 aliphatic rings. The summed E-state index contributed by atoms with van der Waals surface area (Å²) < 4.78 is 5.84. The molecule has 0 unspecified atom stereocenters. The maximum atomic E-state index is 12.4. The molecule has 0 spiro atoms. The zero-order chi connectivity index (χ0) is 18.2. The van der Waals surface area contributed by atoms with E-state index in [1.54, 1.807) is 0 Å². The van der Waals surface area contributed by atoms with Crippen molar-refractivity contribution in [2.75, 3.05) is 6.54 Å². The standard InChI is InChI=1S/C22H29NO2/c1-5-21(25-20-8-6-7-17(4)15-20)22(24)23-14-13-18-9-11-19(12-10-18)16(2)3/h6-12,15-16,21H,5,13-14H2,1-4H3,(H,23,24)/t21-/m0/s1. The van der Waals surface area contributed by atoms with E-state index in [4.69, 9.17) is 4.74 Å². The van der Waals surface area contributed by atoms with E-state index in [9.17, 15) is 4.79 Å². The third-order valence-corrected chi connectivity index (χ3v) is 4.29. The first-order valence-electron chi connectivity index (χ1n) is 9.09. The molecule has 0 fully saturated rings. The summed E-state index contributed by atoms with van der Waals surface area (Å²) in [5.74, 6) is 1.23. The van der Waals surface area contributed by atoms with Crippen LogP contribution in [0.25, 0.3) is 0 Å². The number of benzene rings is 2. The van der Waals surface area contributed by atoms with Crippen molar-refractivity contribution in [3.05, 3.63) is 65.2 Å². The van der Waals surface area contributed by atoms with Crippen LogP contribution in [0.5, 0.6) is 5.75 Å². The van der Waals surface area contributed by atoms with Gasteiger partial charge in [0.15, 0.2) is 6.10 Å². The summed E-state index contributed by atoms with van der Waals surface area (Å²) in [5, 5.41) is 2.99. The molecule has 134 valence electrons. The van der Waals surface area contributed by atoms with Crippen LogP contribution in [-0.4, -0.2) is 18.6 Å². The first-order valence-corrected chi connectivity index (χ1v) is 9.09. The monoisotopic (exact) mass is 339 g/mol. The molecule has 0 aromatic heterocycles. The maximum Gasteiger partial charge on any atom is 0.261 e. The lowest BCUT2D eigenvalue weighted by atomic mass is 10.0. The normalized spacial score (nSPS) is 12.0. The second-order valence-electron chi connectivity index (χ2n) is 6.77.